The Hall–Kier alpha value is -2.79. The van der Waals surface area contributed by atoms with E-state index in [-0.39, 0.29) is 0 Å². The number of para-hydroxylation sites is 2. The fraction of sp³-hybridized carbons (Fsp3) is 0.227. The molecule has 2 aromatic heterocycles. The van der Waals surface area contributed by atoms with Crippen LogP contribution in [-0.4, -0.2) is 23.3 Å². The summed E-state index contributed by atoms with van der Waals surface area (Å²) < 4.78 is 13.4. The van der Waals surface area contributed by atoms with E-state index < -0.39 is 0 Å². The van der Waals surface area contributed by atoms with Gasteiger partial charge in [-0.25, -0.2) is 4.98 Å². The summed E-state index contributed by atoms with van der Waals surface area (Å²) in [6.45, 7) is 1.55. The monoisotopic (exact) mass is 378 g/mol. The number of fused-ring (bicyclic) bond motifs is 1. The summed E-state index contributed by atoms with van der Waals surface area (Å²) in [6, 6.07) is 20.3. The third-order valence-corrected chi connectivity index (χ3v) is 5.38. The maximum absolute atomic E-state index is 5.87. The van der Waals surface area contributed by atoms with E-state index in [1.54, 1.807) is 18.4 Å². The van der Waals surface area contributed by atoms with Crippen molar-refractivity contribution in [3.63, 3.8) is 0 Å². The molecule has 0 aliphatic heterocycles. The van der Waals surface area contributed by atoms with Gasteiger partial charge in [-0.1, -0.05) is 18.2 Å². The molecule has 4 nitrogen and oxygen atoms in total. The van der Waals surface area contributed by atoms with Gasteiger partial charge in [0.05, 0.1) is 24.8 Å². The molecule has 2 aromatic carbocycles. The molecule has 0 aliphatic rings. The molecule has 4 rings (SSSR count). The molecule has 0 N–H and O–H groups in total. The molecule has 0 saturated carbocycles. The minimum absolute atomic E-state index is 0.664. The van der Waals surface area contributed by atoms with Gasteiger partial charge < -0.3 is 14.0 Å². The predicted molar refractivity (Wildman–Crippen MR) is 110 cm³/mol. The van der Waals surface area contributed by atoms with Gasteiger partial charge in [-0.05, 0) is 54.3 Å². The summed E-state index contributed by atoms with van der Waals surface area (Å²) in [7, 11) is 1.67. The molecule has 0 radical (unpaired) electrons. The molecular weight excluding hydrogens is 356 g/mol. The molecule has 0 unspecified atom stereocenters. The normalized spacial score (nSPS) is 11.0. The highest BCUT2D eigenvalue weighted by molar-refractivity contribution is 7.09. The van der Waals surface area contributed by atoms with Crippen LogP contribution >= 0.6 is 11.3 Å². The number of methoxy groups -OCH3 is 1. The minimum Gasteiger partial charge on any atom is -0.497 e. The van der Waals surface area contributed by atoms with Crippen LogP contribution in [0.5, 0.6) is 11.5 Å². The highest BCUT2D eigenvalue weighted by Crippen LogP contribution is 2.21. The Morgan fingerprint density at radius 3 is 2.56 bits per heavy atom. The van der Waals surface area contributed by atoms with Gasteiger partial charge in [-0.2, -0.15) is 0 Å². The Morgan fingerprint density at radius 1 is 0.963 bits per heavy atom. The first kappa shape index (κ1) is 17.6. The molecule has 0 amide bonds. The van der Waals surface area contributed by atoms with Gasteiger partial charge in [0.1, 0.15) is 17.3 Å². The van der Waals surface area contributed by atoms with Crippen LogP contribution in [0, 0.1) is 0 Å². The average molecular weight is 378 g/mol. The van der Waals surface area contributed by atoms with E-state index in [1.165, 1.54) is 10.4 Å². The number of benzene rings is 2. The minimum atomic E-state index is 0.664. The quantitative estimate of drug-likeness (QED) is 0.397. The number of aromatic nitrogens is 2. The first-order valence-corrected chi connectivity index (χ1v) is 9.95. The molecule has 0 aliphatic carbocycles. The second kappa shape index (κ2) is 8.27. The molecule has 0 spiro atoms. The number of rotatable bonds is 8. The molecule has 0 bridgehead atoms. The lowest BCUT2D eigenvalue weighted by molar-refractivity contribution is 0.301. The van der Waals surface area contributed by atoms with E-state index in [4.69, 9.17) is 14.5 Å². The van der Waals surface area contributed by atoms with E-state index in [9.17, 15) is 0 Å². The summed E-state index contributed by atoms with van der Waals surface area (Å²) in [4.78, 5) is 6.19. The average Bonchev–Trinajstić information content (AvgIpc) is 3.34. The molecule has 0 fully saturated rings. The summed E-state index contributed by atoms with van der Waals surface area (Å²) in [6.07, 6.45) is 1.79. The molecular formula is C22H22N2O2S. The van der Waals surface area contributed by atoms with Gasteiger partial charge in [-0.3, -0.25) is 0 Å². The van der Waals surface area contributed by atoms with Crippen LogP contribution in [0.2, 0.25) is 0 Å². The third-order valence-electron chi connectivity index (χ3n) is 4.50. The highest BCUT2D eigenvalue weighted by atomic mass is 32.1. The number of thiophene rings is 1. The van der Waals surface area contributed by atoms with Crippen molar-refractivity contribution in [3.8, 4) is 11.5 Å². The van der Waals surface area contributed by atoms with E-state index in [2.05, 4.69) is 40.3 Å². The number of nitrogens with zero attached hydrogens (tertiary/aromatic N) is 2. The second-order valence-electron chi connectivity index (χ2n) is 6.30. The topological polar surface area (TPSA) is 36.3 Å². The van der Waals surface area contributed by atoms with Crippen LogP contribution in [0.1, 0.15) is 17.1 Å². The summed E-state index contributed by atoms with van der Waals surface area (Å²) in [5.74, 6) is 2.82. The van der Waals surface area contributed by atoms with Crippen molar-refractivity contribution >= 4 is 22.4 Å². The molecule has 4 aromatic rings. The van der Waals surface area contributed by atoms with Crippen molar-refractivity contribution in [2.45, 2.75) is 19.4 Å². The largest absolute Gasteiger partial charge is 0.497 e. The summed E-state index contributed by atoms with van der Waals surface area (Å²) in [5.41, 5.74) is 2.24. The Bertz CT molecular complexity index is 991. The lowest BCUT2D eigenvalue weighted by Crippen LogP contribution is -2.08. The predicted octanol–water partition coefficient (Wildman–Crippen LogP) is 5.17. The van der Waals surface area contributed by atoms with Gasteiger partial charge in [-0.15, -0.1) is 11.3 Å². The van der Waals surface area contributed by atoms with Crippen molar-refractivity contribution in [3.05, 3.63) is 76.7 Å². The number of imidazole rings is 1. The second-order valence-corrected chi connectivity index (χ2v) is 7.33. The van der Waals surface area contributed by atoms with Gasteiger partial charge in [0.15, 0.2) is 0 Å². The van der Waals surface area contributed by atoms with Gasteiger partial charge in [0, 0.05) is 17.8 Å². The standard InChI is InChI=1S/C22H22N2O2S/c1-25-17-9-11-18(12-10-17)26-14-5-13-24-21-8-3-2-7-20(21)23-22(24)16-19-6-4-15-27-19/h2-4,6-12,15H,5,13-14,16H2,1H3. The molecule has 5 heteroatoms. The molecule has 138 valence electrons. The Kier molecular flexibility index (Phi) is 5.39. The summed E-state index contributed by atoms with van der Waals surface area (Å²) >= 11 is 1.78. The first-order chi connectivity index (χ1) is 13.3. The van der Waals surface area contributed by atoms with Crippen LogP contribution in [0.4, 0.5) is 0 Å². The van der Waals surface area contributed by atoms with Crippen LogP contribution in [0.3, 0.4) is 0 Å². The van der Waals surface area contributed by atoms with E-state index in [0.717, 1.165) is 42.2 Å². The van der Waals surface area contributed by atoms with Crippen molar-refractivity contribution in [2.24, 2.45) is 0 Å². The fourth-order valence-corrected chi connectivity index (χ4v) is 3.86. The van der Waals surface area contributed by atoms with Gasteiger partial charge in [0.2, 0.25) is 0 Å². The van der Waals surface area contributed by atoms with Gasteiger partial charge in [0.25, 0.3) is 0 Å². The zero-order valence-electron chi connectivity index (χ0n) is 15.3. The number of hydrogen-bond acceptors (Lipinski definition) is 4. The lowest BCUT2D eigenvalue weighted by Gasteiger charge is -2.10. The van der Waals surface area contributed by atoms with E-state index in [0.29, 0.717) is 6.61 Å². The molecule has 27 heavy (non-hydrogen) atoms. The maximum Gasteiger partial charge on any atom is 0.119 e. The number of aryl methyl sites for hydroxylation is 1. The van der Waals surface area contributed by atoms with E-state index >= 15 is 0 Å². The third kappa shape index (κ3) is 4.14. The first-order valence-electron chi connectivity index (χ1n) is 9.07. The molecule has 0 atom stereocenters. The SMILES string of the molecule is COc1ccc(OCCCn2c(Cc3cccs3)nc3ccccc32)cc1. The smallest absolute Gasteiger partial charge is 0.119 e. The van der Waals surface area contributed by atoms with Crippen LogP contribution in [-0.2, 0) is 13.0 Å². The van der Waals surface area contributed by atoms with E-state index in [1.807, 2.05) is 30.3 Å². The maximum atomic E-state index is 5.87. The van der Waals surface area contributed by atoms with Crippen molar-refractivity contribution in [1.29, 1.82) is 0 Å². The Balaban J connectivity index is 1.44. The fourth-order valence-electron chi connectivity index (χ4n) is 3.16. The molecule has 2 heterocycles. The zero-order chi connectivity index (χ0) is 18.5. The molecule has 0 saturated heterocycles. The van der Waals surface area contributed by atoms with Gasteiger partial charge >= 0.3 is 0 Å². The van der Waals surface area contributed by atoms with Crippen molar-refractivity contribution in [2.75, 3.05) is 13.7 Å². The zero-order valence-corrected chi connectivity index (χ0v) is 16.1. The van der Waals surface area contributed by atoms with Crippen LogP contribution < -0.4 is 9.47 Å². The number of ether oxygens (including phenoxy) is 2. The van der Waals surface area contributed by atoms with Crippen LogP contribution in [0.15, 0.2) is 66.0 Å². The lowest BCUT2D eigenvalue weighted by atomic mass is 10.3. The highest BCUT2D eigenvalue weighted by Gasteiger charge is 2.11. The van der Waals surface area contributed by atoms with Crippen molar-refractivity contribution in [1.82, 2.24) is 9.55 Å². The van der Waals surface area contributed by atoms with Crippen molar-refractivity contribution < 1.29 is 9.47 Å². The Morgan fingerprint density at radius 2 is 1.78 bits per heavy atom. The Labute approximate surface area is 163 Å². The summed E-state index contributed by atoms with van der Waals surface area (Å²) in [5, 5.41) is 2.12. The van der Waals surface area contributed by atoms with Crippen LogP contribution in [0.25, 0.3) is 11.0 Å². The number of hydrogen-bond donors (Lipinski definition) is 0.